The quantitative estimate of drug-likeness (QED) is 0.801. The summed E-state index contributed by atoms with van der Waals surface area (Å²) < 4.78 is 0. The molecule has 0 unspecified atom stereocenters. The second-order valence-electron chi connectivity index (χ2n) is 7.22. The van der Waals surface area contributed by atoms with E-state index in [2.05, 4.69) is 30.1 Å². The van der Waals surface area contributed by atoms with E-state index in [1.807, 2.05) is 0 Å². The van der Waals surface area contributed by atoms with Crippen molar-refractivity contribution in [2.45, 2.75) is 76.8 Å². The van der Waals surface area contributed by atoms with Crippen LogP contribution in [0.1, 0.15) is 65.2 Å². The van der Waals surface area contributed by atoms with E-state index in [-0.39, 0.29) is 5.54 Å². The maximum absolute atomic E-state index is 9.68. The van der Waals surface area contributed by atoms with Crippen LogP contribution in [0.2, 0.25) is 0 Å². The molecule has 1 saturated carbocycles. The molecule has 0 atom stereocenters. The topological polar surface area (TPSA) is 39.1 Å². The molecule has 0 spiro atoms. The van der Waals surface area contributed by atoms with Crippen LogP contribution in [-0.2, 0) is 0 Å². The predicted octanol–water partition coefficient (Wildman–Crippen LogP) is 3.31. The molecule has 0 aromatic carbocycles. The highest BCUT2D eigenvalue weighted by atomic mass is 15.2. The molecule has 0 bridgehead atoms. The smallest absolute Gasteiger partial charge is 0.109 e. The Morgan fingerprint density at radius 2 is 1.75 bits per heavy atom. The highest BCUT2D eigenvalue weighted by molar-refractivity contribution is 5.10. The summed E-state index contributed by atoms with van der Waals surface area (Å²) in [6.45, 7) is 7.87. The maximum Gasteiger partial charge on any atom is 0.109 e. The lowest BCUT2D eigenvalue weighted by molar-refractivity contribution is 0.143. The first-order valence-corrected chi connectivity index (χ1v) is 8.55. The molecule has 2 rings (SSSR count). The highest BCUT2D eigenvalue weighted by Crippen LogP contribution is 2.26. The van der Waals surface area contributed by atoms with Crippen molar-refractivity contribution >= 4 is 0 Å². The monoisotopic (exact) mass is 277 g/mol. The zero-order valence-corrected chi connectivity index (χ0v) is 13.3. The van der Waals surface area contributed by atoms with Crippen LogP contribution in [0.15, 0.2) is 0 Å². The zero-order valence-electron chi connectivity index (χ0n) is 13.3. The normalized spacial score (nSPS) is 25.3. The molecule has 1 aliphatic heterocycles. The van der Waals surface area contributed by atoms with Gasteiger partial charge in [-0.15, -0.1) is 0 Å². The molecule has 2 aliphatic rings. The number of piperidine rings is 1. The molecule has 1 heterocycles. The van der Waals surface area contributed by atoms with Crippen LogP contribution in [-0.4, -0.2) is 36.1 Å². The Kier molecular flexibility index (Phi) is 5.86. The summed E-state index contributed by atoms with van der Waals surface area (Å²) in [5.41, 5.74) is -0.248. The van der Waals surface area contributed by atoms with Crippen molar-refractivity contribution in [3.8, 4) is 6.07 Å². The fourth-order valence-electron chi connectivity index (χ4n) is 3.74. The molecular weight excluding hydrogens is 246 g/mol. The van der Waals surface area contributed by atoms with Crippen LogP contribution in [0.25, 0.3) is 0 Å². The number of nitrogens with zero attached hydrogens (tertiary/aromatic N) is 2. The average Bonchev–Trinajstić information content (AvgIpc) is 2.69. The summed E-state index contributed by atoms with van der Waals surface area (Å²) in [6, 6.07) is 3.20. The Labute approximate surface area is 124 Å². The van der Waals surface area contributed by atoms with E-state index >= 15 is 0 Å². The van der Waals surface area contributed by atoms with E-state index in [0.29, 0.717) is 6.04 Å². The molecule has 0 radical (unpaired) electrons. The molecule has 0 amide bonds. The third kappa shape index (κ3) is 4.46. The SMILES string of the molecule is CC(C)CN1CCC(C#N)(NC2CCCCCC2)CC1. The maximum atomic E-state index is 9.68. The van der Waals surface area contributed by atoms with Gasteiger partial charge in [-0.2, -0.15) is 5.26 Å². The molecule has 1 aliphatic carbocycles. The largest absolute Gasteiger partial charge is 0.303 e. The van der Waals surface area contributed by atoms with E-state index < -0.39 is 0 Å². The summed E-state index contributed by atoms with van der Waals surface area (Å²) in [6.07, 6.45) is 9.93. The number of nitriles is 1. The predicted molar refractivity (Wildman–Crippen MR) is 83.5 cm³/mol. The second kappa shape index (κ2) is 7.43. The summed E-state index contributed by atoms with van der Waals surface area (Å²) >= 11 is 0. The van der Waals surface area contributed by atoms with E-state index in [1.54, 1.807) is 0 Å². The van der Waals surface area contributed by atoms with Gasteiger partial charge in [0.05, 0.1) is 6.07 Å². The molecule has 1 N–H and O–H groups in total. The first-order valence-electron chi connectivity index (χ1n) is 8.55. The second-order valence-corrected chi connectivity index (χ2v) is 7.22. The number of likely N-dealkylation sites (tertiary alicyclic amines) is 1. The Bertz CT molecular complexity index is 316. The fourth-order valence-corrected chi connectivity index (χ4v) is 3.74. The third-order valence-electron chi connectivity index (χ3n) is 4.88. The molecule has 3 heteroatoms. The molecule has 1 saturated heterocycles. The zero-order chi connectivity index (χ0) is 14.4. The van der Waals surface area contributed by atoms with Gasteiger partial charge >= 0.3 is 0 Å². The van der Waals surface area contributed by atoms with Crippen molar-refractivity contribution in [3.05, 3.63) is 0 Å². The van der Waals surface area contributed by atoms with Gasteiger partial charge in [-0.1, -0.05) is 39.5 Å². The molecular formula is C17H31N3. The molecule has 0 aromatic heterocycles. The summed E-state index contributed by atoms with van der Waals surface area (Å²) in [5.74, 6) is 0.722. The Morgan fingerprint density at radius 1 is 1.15 bits per heavy atom. The van der Waals surface area contributed by atoms with Crippen molar-refractivity contribution in [2.24, 2.45) is 5.92 Å². The lowest BCUT2D eigenvalue weighted by atomic mass is 9.87. The molecule has 0 aromatic rings. The highest BCUT2D eigenvalue weighted by Gasteiger charge is 2.36. The molecule has 20 heavy (non-hydrogen) atoms. The van der Waals surface area contributed by atoms with Crippen LogP contribution in [0.4, 0.5) is 0 Å². The van der Waals surface area contributed by atoms with Gasteiger partial charge in [0.15, 0.2) is 0 Å². The van der Waals surface area contributed by atoms with E-state index in [9.17, 15) is 5.26 Å². The summed E-state index contributed by atoms with van der Waals surface area (Å²) in [4.78, 5) is 2.52. The van der Waals surface area contributed by atoms with Crippen LogP contribution in [0.3, 0.4) is 0 Å². The van der Waals surface area contributed by atoms with Crippen LogP contribution in [0, 0.1) is 17.2 Å². The van der Waals surface area contributed by atoms with Crippen molar-refractivity contribution in [2.75, 3.05) is 19.6 Å². The molecule has 3 nitrogen and oxygen atoms in total. The van der Waals surface area contributed by atoms with Gasteiger partial charge in [-0.25, -0.2) is 0 Å². The fraction of sp³-hybridized carbons (Fsp3) is 0.941. The molecule has 2 fully saturated rings. The third-order valence-corrected chi connectivity index (χ3v) is 4.88. The van der Waals surface area contributed by atoms with Crippen molar-refractivity contribution in [3.63, 3.8) is 0 Å². The van der Waals surface area contributed by atoms with Crippen LogP contribution >= 0.6 is 0 Å². The first-order chi connectivity index (χ1) is 9.63. The van der Waals surface area contributed by atoms with Crippen LogP contribution in [0.5, 0.6) is 0 Å². The van der Waals surface area contributed by atoms with Crippen molar-refractivity contribution in [1.82, 2.24) is 10.2 Å². The van der Waals surface area contributed by atoms with Crippen molar-refractivity contribution < 1.29 is 0 Å². The van der Waals surface area contributed by atoms with E-state index in [0.717, 1.165) is 31.8 Å². The number of rotatable bonds is 4. The summed E-state index contributed by atoms with van der Waals surface area (Å²) in [7, 11) is 0. The van der Waals surface area contributed by atoms with Gasteiger partial charge < -0.3 is 4.90 Å². The minimum atomic E-state index is -0.248. The van der Waals surface area contributed by atoms with Gasteiger partial charge in [0.2, 0.25) is 0 Å². The minimum absolute atomic E-state index is 0.248. The Morgan fingerprint density at radius 3 is 2.25 bits per heavy atom. The first kappa shape index (κ1) is 15.8. The summed E-state index contributed by atoms with van der Waals surface area (Å²) in [5, 5.41) is 13.4. The average molecular weight is 277 g/mol. The van der Waals surface area contributed by atoms with Gasteiger partial charge in [0.1, 0.15) is 5.54 Å². The number of hydrogen-bond acceptors (Lipinski definition) is 3. The van der Waals surface area contributed by atoms with Gasteiger partial charge in [-0.05, 0) is 31.6 Å². The Hall–Kier alpha value is -0.590. The number of hydrogen-bond donors (Lipinski definition) is 1. The van der Waals surface area contributed by atoms with Crippen molar-refractivity contribution in [1.29, 1.82) is 5.26 Å². The lowest BCUT2D eigenvalue weighted by Crippen LogP contribution is -2.56. The van der Waals surface area contributed by atoms with Gasteiger partial charge in [0.25, 0.3) is 0 Å². The van der Waals surface area contributed by atoms with E-state index in [4.69, 9.17) is 0 Å². The Balaban J connectivity index is 1.86. The minimum Gasteiger partial charge on any atom is -0.303 e. The lowest BCUT2D eigenvalue weighted by Gasteiger charge is -2.40. The van der Waals surface area contributed by atoms with Gasteiger partial charge in [0, 0.05) is 25.7 Å². The number of nitrogens with one attached hydrogen (secondary N) is 1. The van der Waals surface area contributed by atoms with E-state index in [1.165, 1.54) is 45.1 Å². The standard InChI is InChI=1S/C17H31N3/c1-15(2)13-20-11-9-17(14-18,10-12-20)19-16-7-5-3-4-6-8-16/h15-16,19H,3-13H2,1-2H3. The van der Waals surface area contributed by atoms with Gasteiger partial charge in [-0.3, -0.25) is 5.32 Å². The molecule has 114 valence electrons. The van der Waals surface area contributed by atoms with Crippen LogP contribution < -0.4 is 5.32 Å².